The smallest absolute Gasteiger partial charge is 0.258 e. The molecule has 0 spiro atoms. The minimum atomic E-state index is -0.380. The Labute approximate surface area is 120 Å². The van der Waals surface area contributed by atoms with Gasteiger partial charge in [0.1, 0.15) is 0 Å². The van der Waals surface area contributed by atoms with E-state index in [1.807, 2.05) is 0 Å². The maximum Gasteiger partial charge on any atom is 0.269 e. The van der Waals surface area contributed by atoms with E-state index in [2.05, 4.69) is 47.1 Å². The average molecular weight is 320 g/mol. The number of alkyl halides is 1. The van der Waals surface area contributed by atoms with Crippen molar-refractivity contribution in [1.29, 1.82) is 0 Å². The molecule has 0 amide bonds. The SMILES string of the molecule is Cc1ccc(C(Br)Cc2ccc([N+](=O)[O-])cc2)cc1. The number of rotatable bonds is 4. The van der Waals surface area contributed by atoms with Gasteiger partial charge in [0.05, 0.1) is 4.92 Å². The van der Waals surface area contributed by atoms with Crippen LogP contribution in [0.2, 0.25) is 0 Å². The van der Waals surface area contributed by atoms with Crippen molar-refractivity contribution in [2.45, 2.75) is 18.2 Å². The summed E-state index contributed by atoms with van der Waals surface area (Å²) in [7, 11) is 0. The Morgan fingerprint density at radius 2 is 1.68 bits per heavy atom. The number of hydrogen-bond acceptors (Lipinski definition) is 2. The van der Waals surface area contributed by atoms with Crippen LogP contribution in [0.5, 0.6) is 0 Å². The number of halogens is 1. The molecule has 0 fully saturated rings. The second-order valence-corrected chi connectivity index (χ2v) is 5.61. The molecule has 1 unspecified atom stereocenters. The lowest BCUT2D eigenvalue weighted by Gasteiger charge is -2.10. The van der Waals surface area contributed by atoms with Crippen LogP contribution < -0.4 is 0 Å². The molecular formula is C15H14BrNO2. The molecule has 4 heteroatoms. The zero-order valence-electron chi connectivity index (χ0n) is 10.5. The van der Waals surface area contributed by atoms with Gasteiger partial charge in [0.25, 0.3) is 5.69 Å². The first kappa shape index (κ1) is 13.7. The predicted molar refractivity (Wildman–Crippen MR) is 79.6 cm³/mol. The van der Waals surface area contributed by atoms with Gasteiger partial charge >= 0.3 is 0 Å². The van der Waals surface area contributed by atoms with E-state index in [4.69, 9.17) is 0 Å². The largest absolute Gasteiger partial charge is 0.269 e. The molecule has 0 saturated carbocycles. The van der Waals surface area contributed by atoms with E-state index in [9.17, 15) is 10.1 Å². The highest BCUT2D eigenvalue weighted by Crippen LogP contribution is 2.27. The molecule has 0 aliphatic carbocycles. The monoisotopic (exact) mass is 319 g/mol. The van der Waals surface area contributed by atoms with E-state index in [1.54, 1.807) is 24.3 Å². The van der Waals surface area contributed by atoms with Gasteiger partial charge < -0.3 is 0 Å². The zero-order valence-corrected chi connectivity index (χ0v) is 12.1. The van der Waals surface area contributed by atoms with Crippen LogP contribution >= 0.6 is 15.9 Å². The normalized spacial score (nSPS) is 12.1. The Morgan fingerprint density at radius 1 is 1.11 bits per heavy atom. The topological polar surface area (TPSA) is 43.1 Å². The molecule has 98 valence electrons. The minimum Gasteiger partial charge on any atom is -0.258 e. The van der Waals surface area contributed by atoms with E-state index in [0.29, 0.717) is 0 Å². The van der Waals surface area contributed by atoms with Crippen LogP contribution in [0, 0.1) is 17.0 Å². The zero-order chi connectivity index (χ0) is 13.8. The number of benzene rings is 2. The Balaban J connectivity index is 2.08. The second-order valence-electron chi connectivity index (χ2n) is 4.51. The summed E-state index contributed by atoms with van der Waals surface area (Å²) in [6, 6.07) is 15.1. The number of nitro benzene ring substituents is 1. The average Bonchev–Trinajstić information content (AvgIpc) is 2.40. The predicted octanol–water partition coefficient (Wildman–Crippen LogP) is 4.58. The summed E-state index contributed by atoms with van der Waals surface area (Å²) in [6.45, 7) is 2.06. The van der Waals surface area contributed by atoms with Crippen molar-refractivity contribution in [1.82, 2.24) is 0 Å². The van der Waals surface area contributed by atoms with Crippen molar-refractivity contribution in [2.75, 3.05) is 0 Å². The number of nitro groups is 1. The molecule has 3 nitrogen and oxygen atoms in total. The first-order valence-corrected chi connectivity index (χ1v) is 6.92. The van der Waals surface area contributed by atoms with Crippen LogP contribution in [0.4, 0.5) is 5.69 Å². The third kappa shape index (κ3) is 3.64. The number of non-ortho nitro benzene ring substituents is 1. The lowest BCUT2D eigenvalue weighted by molar-refractivity contribution is -0.384. The number of nitrogens with zero attached hydrogens (tertiary/aromatic N) is 1. The molecule has 2 aromatic rings. The van der Waals surface area contributed by atoms with E-state index in [1.165, 1.54) is 11.1 Å². The lowest BCUT2D eigenvalue weighted by Crippen LogP contribution is -1.96. The Kier molecular flexibility index (Phi) is 4.32. The molecule has 1 atom stereocenters. The van der Waals surface area contributed by atoms with E-state index >= 15 is 0 Å². The van der Waals surface area contributed by atoms with Crippen molar-refractivity contribution in [3.05, 3.63) is 75.3 Å². The van der Waals surface area contributed by atoms with Crippen molar-refractivity contribution in [3.8, 4) is 0 Å². The second kappa shape index (κ2) is 5.97. The van der Waals surface area contributed by atoms with Crippen molar-refractivity contribution in [3.63, 3.8) is 0 Å². The molecule has 0 aromatic heterocycles. The van der Waals surface area contributed by atoms with E-state index in [-0.39, 0.29) is 15.4 Å². The van der Waals surface area contributed by atoms with Gasteiger partial charge in [-0.3, -0.25) is 10.1 Å². The molecule has 0 saturated heterocycles. The molecule has 0 radical (unpaired) electrons. The van der Waals surface area contributed by atoms with Gasteiger partial charge in [-0.25, -0.2) is 0 Å². The van der Waals surface area contributed by atoms with Crippen molar-refractivity contribution < 1.29 is 4.92 Å². The molecular weight excluding hydrogens is 306 g/mol. The summed E-state index contributed by atoms with van der Waals surface area (Å²) in [5.41, 5.74) is 3.65. The highest BCUT2D eigenvalue weighted by molar-refractivity contribution is 9.09. The van der Waals surface area contributed by atoms with Gasteiger partial charge in [0.2, 0.25) is 0 Å². The quantitative estimate of drug-likeness (QED) is 0.470. The van der Waals surface area contributed by atoms with Crippen LogP contribution in [0.1, 0.15) is 21.5 Å². The summed E-state index contributed by atoms with van der Waals surface area (Å²) in [4.78, 5) is 10.4. The fraction of sp³-hybridized carbons (Fsp3) is 0.200. The first-order chi connectivity index (χ1) is 9.06. The molecule has 0 N–H and O–H groups in total. The Morgan fingerprint density at radius 3 is 2.21 bits per heavy atom. The van der Waals surface area contributed by atoms with E-state index < -0.39 is 0 Å². The van der Waals surface area contributed by atoms with Gasteiger partial charge in [-0.05, 0) is 24.5 Å². The molecule has 0 aliphatic heterocycles. The fourth-order valence-electron chi connectivity index (χ4n) is 1.85. The maximum atomic E-state index is 10.6. The third-order valence-electron chi connectivity index (χ3n) is 3.00. The van der Waals surface area contributed by atoms with Gasteiger partial charge in [-0.15, -0.1) is 0 Å². The summed E-state index contributed by atoms with van der Waals surface area (Å²) >= 11 is 3.66. The molecule has 2 aromatic carbocycles. The minimum absolute atomic E-state index is 0.130. The van der Waals surface area contributed by atoms with Crippen molar-refractivity contribution >= 4 is 21.6 Å². The first-order valence-electron chi connectivity index (χ1n) is 6.00. The molecule has 0 bridgehead atoms. The third-order valence-corrected chi connectivity index (χ3v) is 3.85. The summed E-state index contributed by atoms with van der Waals surface area (Å²) in [5, 5.41) is 10.6. The van der Waals surface area contributed by atoms with Crippen LogP contribution in [-0.2, 0) is 6.42 Å². The van der Waals surface area contributed by atoms with Crippen LogP contribution in [-0.4, -0.2) is 4.92 Å². The van der Waals surface area contributed by atoms with Crippen LogP contribution in [0.15, 0.2) is 48.5 Å². The highest BCUT2D eigenvalue weighted by atomic mass is 79.9. The summed E-state index contributed by atoms with van der Waals surface area (Å²) in [6.07, 6.45) is 0.807. The van der Waals surface area contributed by atoms with Gasteiger partial charge in [-0.1, -0.05) is 57.9 Å². The van der Waals surface area contributed by atoms with Gasteiger partial charge in [0.15, 0.2) is 0 Å². The lowest BCUT2D eigenvalue weighted by atomic mass is 10.0. The Bertz CT molecular complexity index is 564. The maximum absolute atomic E-state index is 10.6. The molecule has 0 aliphatic rings. The van der Waals surface area contributed by atoms with Crippen LogP contribution in [0.25, 0.3) is 0 Å². The molecule has 2 rings (SSSR count). The standard InChI is InChI=1S/C15H14BrNO2/c1-11-2-6-13(7-3-11)15(16)10-12-4-8-14(9-5-12)17(18)19/h2-9,15H,10H2,1H3. The van der Waals surface area contributed by atoms with Gasteiger partial charge in [0, 0.05) is 17.0 Å². The fourth-order valence-corrected chi connectivity index (χ4v) is 2.53. The van der Waals surface area contributed by atoms with E-state index in [0.717, 1.165) is 12.0 Å². The number of aryl methyl sites for hydroxylation is 1. The summed E-state index contributed by atoms with van der Waals surface area (Å²) < 4.78 is 0. The number of hydrogen-bond donors (Lipinski definition) is 0. The van der Waals surface area contributed by atoms with Crippen molar-refractivity contribution in [2.24, 2.45) is 0 Å². The molecule has 19 heavy (non-hydrogen) atoms. The Hall–Kier alpha value is -1.68. The summed E-state index contributed by atoms with van der Waals surface area (Å²) in [5.74, 6) is 0. The highest BCUT2D eigenvalue weighted by Gasteiger charge is 2.10. The molecule has 0 heterocycles. The van der Waals surface area contributed by atoms with Gasteiger partial charge in [-0.2, -0.15) is 0 Å². The van der Waals surface area contributed by atoms with Crippen LogP contribution in [0.3, 0.4) is 0 Å².